The number of fused-ring (bicyclic) bond motifs is 1. The van der Waals surface area contributed by atoms with Crippen molar-refractivity contribution in [1.29, 1.82) is 0 Å². The molecular weight excluding hydrogens is 455 g/mol. The lowest BCUT2D eigenvalue weighted by Crippen LogP contribution is -2.60. The summed E-state index contributed by atoms with van der Waals surface area (Å²) in [5.41, 5.74) is 3.70. The normalized spacial score (nSPS) is 20.4. The predicted octanol–water partition coefficient (Wildman–Crippen LogP) is 3.22. The maximum absolute atomic E-state index is 12.2. The van der Waals surface area contributed by atoms with E-state index < -0.39 is 0 Å². The molecule has 2 aromatic rings. The highest BCUT2D eigenvalue weighted by molar-refractivity contribution is 6.64. The zero-order chi connectivity index (χ0) is 25.3. The first-order valence-corrected chi connectivity index (χ1v) is 12.8. The minimum atomic E-state index is -0.374. The molecule has 5 rings (SSSR count). The molecular formula is C26H34BN6O3. The third kappa shape index (κ3) is 5.10. The fraction of sp³-hybridized carbons (Fsp3) is 0.538. The fourth-order valence-corrected chi connectivity index (χ4v) is 5.54. The maximum Gasteiger partial charge on any atom is 0.416 e. The van der Waals surface area contributed by atoms with E-state index >= 15 is 0 Å². The Morgan fingerprint density at radius 1 is 1.17 bits per heavy atom. The molecule has 2 saturated heterocycles. The van der Waals surface area contributed by atoms with Crippen LogP contribution in [0.1, 0.15) is 56.3 Å². The second-order valence-corrected chi connectivity index (χ2v) is 10.6. The van der Waals surface area contributed by atoms with E-state index in [1.54, 1.807) is 18.5 Å². The first kappa shape index (κ1) is 24.7. The topological polar surface area (TPSA) is 90.9 Å². The van der Waals surface area contributed by atoms with Gasteiger partial charge in [0.2, 0.25) is 5.95 Å². The van der Waals surface area contributed by atoms with Gasteiger partial charge in [-0.25, -0.2) is 9.78 Å². The number of cyclic esters (lactones) is 1. The second kappa shape index (κ2) is 10.2. The van der Waals surface area contributed by atoms with Crippen LogP contribution in [0.15, 0.2) is 30.5 Å². The predicted molar refractivity (Wildman–Crippen MR) is 139 cm³/mol. The zero-order valence-electron chi connectivity index (χ0n) is 21.3. The fourth-order valence-electron chi connectivity index (χ4n) is 5.54. The Kier molecular flexibility index (Phi) is 6.99. The zero-order valence-corrected chi connectivity index (χ0v) is 21.3. The highest BCUT2D eigenvalue weighted by atomic mass is 16.6. The number of aromatic nitrogens is 2. The SMILES string of the molecule is CC(C)N1C(=O)OCc2cnc(N[C@@H](C)c3ccc(CN4CC5(CCN([B]C=O)CC5)C4)cc3)nc21. The van der Waals surface area contributed by atoms with Gasteiger partial charge in [-0.3, -0.25) is 9.80 Å². The molecule has 10 heteroatoms. The Balaban J connectivity index is 1.15. The van der Waals surface area contributed by atoms with Crippen molar-refractivity contribution in [3.8, 4) is 0 Å². The monoisotopic (exact) mass is 489 g/mol. The summed E-state index contributed by atoms with van der Waals surface area (Å²) in [4.78, 5) is 38.2. The molecule has 1 amide bonds. The molecule has 3 aliphatic heterocycles. The van der Waals surface area contributed by atoms with Crippen molar-refractivity contribution in [3.63, 3.8) is 0 Å². The molecule has 3 aliphatic rings. The van der Waals surface area contributed by atoms with Crippen molar-refractivity contribution in [3.05, 3.63) is 47.2 Å². The van der Waals surface area contributed by atoms with Gasteiger partial charge in [-0.15, -0.1) is 0 Å². The number of hydrogen-bond donors (Lipinski definition) is 1. The van der Waals surface area contributed by atoms with Crippen LogP contribution < -0.4 is 10.2 Å². The molecule has 189 valence electrons. The molecule has 0 bridgehead atoms. The summed E-state index contributed by atoms with van der Waals surface area (Å²) < 4.78 is 5.23. The van der Waals surface area contributed by atoms with Crippen molar-refractivity contribution in [2.24, 2.45) is 5.41 Å². The van der Waals surface area contributed by atoms with Gasteiger partial charge in [-0.1, -0.05) is 24.3 Å². The number of carbonyl (C=O) groups excluding carboxylic acids is 2. The number of ether oxygens (including phenoxy) is 1. The van der Waals surface area contributed by atoms with Gasteiger partial charge in [-0.05, 0) is 63.2 Å². The number of piperidine rings is 1. The molecule has 1 aromatic heterocycles. The number of amides is 1. The van der Waals surface area contributed by atoms with Crippen molar-refractivity contribution >= 4 is 31.5 Å². The molecule has 1 atom stereocenters. The van der Waals surface area contributed by atoms with Gasteiger partial charge < -0.3 is 19.7 Å². The molecule has 1 N–H and O–H groups in total. The van der Waals surface area contributed by atoms with Crippen LogP contribution in [0.3, 0.4) is 0 Å². The number of likely N-dealkylation sites (tertiary alicyclic amines) is 1. The lowest BCUT2D eigenvalue weighted by atomic mass is 9.70. The average Bonchev–Trinajstić information content (AvgIpc) is 2.84. The van der Waals surface area contributed by atoms with Gasteiger partial charge in [0.25, 0.3) is 7.41 Å². The van der Waals surface area contributed by atoms with Crippen LogP contribution in [-0.4, -0.2) is 71.6 Å². The Hall–Kier alpha value is -2.98. The van der Waals surface area contributed by atoms with Crippen LogP contribution in [0.4, 0.5) is 16.6 Å². The number of nitrogens with one attached hydrogen (secondary N) is 1. The van der Waals surface area contributed by atoms with E-state index in [0.29, 0.717) is 17.2 Å². The van der Waals surface area contributed by atoms with Crippen molar-refractivity contribution in [1.82, 2.24) is 19.7 Å². The minimum Gasteiger partial charge on any atom is -0.444 e. The van der Waals surface area contributed by atoms with E-state index in [1.807, 2.05) is 13.8 Å². The largest absolute Gasteiger partial charge is 0.444 e. The molecule has 9 nitrogen and oxygen atoms in total. The Morgan fingerprint density at radius 2 is 1.89 bits per heavy atom. The van der Waals surface area contributed by atoms with Crippen LogP contribution in [0, 0.1) is 5.41 Å². The minimum absolute atomic E-state index is 0.0146. The standard InChI is InChI=1S/C26H34BN6O3/c1-18(2)33-23-22(14-36-25(33)35)12-28-24(30-23)29-19(3)21-6-4-20(5-7-21)13-31-15-26(16-31)8-10-32(11-9-26)27-17-34/h4-7,12,17-19H,8-11,13-16H2,1-3H3,(H,28,29,30)/t19-/m0/s1. The summed E-state index contributed by atoms with van der Waals surface area (Å²) in [5, 5.41) is 3.38. The number of benzene rings is 1. The van der Waals surface area contributed by atoms with Crippen LogP contribution >= 0.6 is 0 Å². The van der Waals surface area contributed by atoms with E-state index in [-0.39, 0.29) is 24.8 Å². The molecule has 4 heterocycles. The van der Waals surface area contributed by atoms with Gasteiger partial charge >= 0.3 is 6.09 Å². The van der Waals surface area contributed by atoms with Gasteiger partial charge in [0.1, 0.15) is 12.4 Å². The lowest BCUT2D eigenvalue weighted by Gasteiger charge is -2.54. The number of carbonyl (C=O) groups is 2. The van der Waals surface area contributed by atoms with Crippen LogP contribution in [0.5, 0.6) is 0 Å². The van der Waals surface area contributed by atoms with E-state index in [4.69, 9.17) is 4.74 Å². The molecule has 0 unspecified atom stereocenters. The summed E-state index contributed by atoms with van der Waals surface area (Å²) in [7, 11) is 1.68. The quantitative estimate of drug-likeness (QED) is 0.447. The van der Waals surface area contributed by atoms with Crippen LogP contribution in [-0.2, 0) is 22.7 Å². The third-order valence-corrected chi connectivity index (χ3v) is 7.61. The number of hydrogen-bond acceptors (Lipinski definition) is 8. The molecule has 1 radical (unpaired) electrons. The summed E-state index contributed by atoms with van der Waals surface area (Å²) in [5.74, 6) is 1.11. The van der Waals surface area contributed by atoms with Gasteiger partial charge in [0, 0.05) is 31.9 Å². The smallest absolute Gasteiger partial charge is 0.416 e. The lowest BCUT2D eigenvalue weighted by molar-refractivity contribution is -0.0396. The molecule has 36 heavy (non-hydrogen) atoms. The van der Waals surface area contributed by atoms with Gasteiger partial charge in [-0.2, -0.15) is 4.98 Å². The highest BCUT2D eigenvalue weighted by Crippen LogP contribution is 2.40. The van der Waals surface area contributed by atoms with E-state index in [9.17, 15) is 9.59 Å². The summed E-state index contributed by atoms with van der Waals surface area (Å²) in [6, 6.07) is 8.67. The Labute approximate surface area is 213 Å². The van der Waals surface area contributed by atoms with Crippen LogP contribution in [0.2, 0.25) is 0 Å². The average molecular weight is 489 g/mol. The first-order chi connectivity index (χ1) is 17.4. The first-order valence-electron chi connectivity index (χ1n) is 12.8. The number of anilines is 2. The van der Waals surface area contributed by atoms with E-state index in [2.05, 4.69) is 56.2 Å². The third-order valence-electron chi connectivity index (χ3n) is 7.61. The molecule has 1 spiro atoms. The maximum atomic E-state index is 12.2. The Morgan fingerprint density at radius 3 is 2.56 bits per heavy atom. The van der Waals surface area contributed by atoms with Gasteiger partial charge in [0.05, 0.1) is 17.8 Å². The molecule has 0 saturated carbocycles. The Bertz CT molecular complexity index is 1100. The van der Waals surface area contributed by atoms with Gasteiger partial charge in [0.15, 0.2) is 0 Å². The number of rotatable bonds is 8. The van der Waals surface area contributed by atoms with Crippen LogP contribution in [0.25, 0.3) is 0 Å². The van der Waals surface area contributed by atoms with Crippen molar-refractivity contribution < 1.29 is 14.3 Å². The van der Waals surface area contributed by atoms with Crippen molar-refractivity contribution in [2.45, 2.75) is 58.8 Å². The summed E-state index contributed by atoms with van der Waals surface area (Å²) >= 11 is 0. The molecule has 0 aliphatic carbocycles. The second-order valence-electron chi connectivity index (χ2n) is 10.6. The summed E-state index contributed by atoms with van der Waals surface area (Å²) in [6.07, 6.45) is 4.57. The highest BCUT2D eigenvalue weighted by Gasteiger charge is 2.44. The molecule has 2 fully saturated rings. The van der Waals surface area contributed by atoms with E-state index in [1.165, 1.54) is 5.56 Å². The summed E-state index contributed by atoms with van der Waals surface area (Å²) in [6.45, 7) is 11.4. The van der Waals surface area contributed by atoms with Crippen molar-refractivity contribution in [2.75, 3.05) is 36.4 Å². The molecule has 1 aromatic carbocycles. The van der Waals surface area contributed by atoms with E-state index in [0.717, 1.165) is 62.9 Å². The number of nitrogens with zero attached hydrogens (tertiary/aromatic N) is 5.